The highest BCUT2D eigenvalue weighted by Crippen LogP contribution is 2.16. The van der Waals surface area contributed by atoms with Crippen LogP contribution in [-0.2, 0) is 13.5 Å². The van der Waals surface area contributed by atoms with E-state index in [2.05, 4.69) is 40.8 Å². The first-order chi connectivity index (χ1) is 15.6. The minimum Gasteiger partial charge on any atom is -0.618 e. The number of aryl methyl sites for hydroxylation is 1. The second-order valence-corrected chi connectivity index (χ2v) is 6.94. The Hall–Kier alpha value is -4.68. The molecule has 0 saturated heterocycles. The number of hydrogen-bond acceptors (Lipinski definition) is 10. The van der Waals surface area contributed by atoms with E-state index < -0.39 is 0 Å². The predicted octanol–water partition coefficient (Wildman–Crippen LogP) is 0.247. The molecule has 0 aliphatic carbocycles. The van der Waals surface area contributed by atoms with Crippen LogP contribution in [0.25, 0.3) is 28.7 Å². The van der Waals surface area contributed by atoms with Gasteiger partial charge in [0.25, 0.3) is 11.5 Å². The quantitative estimate of drug-likeness (QED) is 0.282. The zero-order chi connectivity index (χ0) is 22.1. The van der Waals surface area contributed by atoms with Gasteiger partial charge >= 0.3 is 0 Å². The van der Waals surface area contributed by atoms with Gasteiger partial charge in [0.2, 0.25) is 23.5 Å². The zero-order valence-electron chi connectivity index (χ0n) is 17.0. The molecule has 5 aromatic rings. The molecule has 5 rings (SSSR count). The second kappa shape index (κ2) is 7.86. The highest BCUT2D eigenvalue weighted by atomic mass is 16.5. The maximum atomic E-state index is 12.0. The SMILES string of the molecule is Cn1nnc(-c2ccc(CCNc3nc(N)n4nc(-c5cccc[n+]5[O-])nc4n3)cc2)n1. The summed E-state index contributed by atoms with van der Waals surface area (Å²) in [5.41, 5.74) is 8.33. The maximum absolute atomic E-state index is 12.0. The Bertz CT molecular complexity index is 1390. The van der Waals surface area contributed by atoms with Crippen molar-refractivity contribution < 1.29 is 4.73 Å². The van der Waals surface area contributed by atoms with Crippen LogP contribution < -0.4 is 15.8 Å². The smallest absolute Gasteiger partial charge is 0.263 e. The number of tetrazole rings is 1. The van der Waals surface area contributed by atoms with Crippen LogP contribution in [0.3, 0.4) is 0 Å². The van der Waals surface area contributed by atoms with E-state index in [9.17, 15) is 5.21 Å². The summed E-state index contributed by atoms with van der Waals surface area (Å²) < 4.78 is 1.98. The van der Waals surface area contributed by atoms with E-state index in [1.807, 2.05) is 24.3 Å². The van der Waals surface area contributed by atoms with Crippen molar-refractivity contribution in [1.29, 1.82) is 0 Å². The van der Waals surface area contributed by atoms with Gasteiger partial charge in [-0.25, -0.2) is 0 Å². The molecular formula is C19H18N12O. The molecule has 0 saturated carbocycles. The van der Waals surface area contributed by atoms with E-state index in [-0.39, 0.29) is 17.6 Å². The maximum Gasteiger partial charge on any atom is 0.263 e. The van der Waals surface area contributed by atoms with Crippen molar-refractivity contribution in [1.82, 2.24) is 44.8 Å². The number of fused-ring (bicyclic) bond motifs is 1. The molecule has 0 spiro atoms. The number of hydrogen-bond donors (Lipinski definition) is 2. The van der Waals surface area contributed by atoms with Gasteiger partial charge in [0.1, 0.15) is 0 Å². The van der Waals surface area contributed by atoms with Crippen LogP contribution in [0.15, 0.2) is 48.7 Å². The molecule has 13 heteroatoms. The summed E-state index contributed by atoms with van der Waals surface area (Å²) >= 11 is 0. The van der Waals surface area contributed by atoms with Gasteiger partial charge < -0.3 is 16.3 Å². The highest BCUT2D eigenvalue weighted by Gasteiger charge is 2.17. The summed E-state index contributed by atoms with van der Waals surface area (Å²) in [5, 5.41) is 31.4. The van der Waals surface area contributed by atoms with Crippen LogP contribution in [0, 0.1) is 5.21 Å². The van der Waals surface area contributed by atoms with Crippen LogP contribution in [-0.4, -0.2) is 51.3 Å². The third-order valence-corrected chi connectivity index (χ3v) is 4.70. The van der Waals surface area contributed by atoms with Gasteiger partial charge in [-0.1, -0.05) is 24.3 Å². The van der Waals surface area contributed by atoms with E-state index >= 15 is 0 Å². The molecular weight excluding hydrogens is 412 g/mol. The van der Waals surface area contributed by atoms with Crippen LogP contribution in [0.1, 0.15) is 5.56 Å². The number of anilines is 2. The zero-order valence-corrected chi connectivity index (χ0v) is 17.0. The van der Waals surface area contributed by atoms with Crippen molar-refractivity contribution >= 4 is 17.7 Å². The molecule has 1 aromatic carbocycles. The molecule has 3 N–H and O–H groups in total. The van der Waals surface area contributed by atoms with Crippen LogP contribution in [0.2, 0.25) is 0 Å². The standard InChI is InChI=1S/C19H18N12O/c1-29-26-15(25-28-29)13-7-5-12(6-8-13)9-10-21-18-23-17(20)31-19(24-18)22-16(27-31)14-4-2-3-11-30(14)32/h2-8,11H,9-10H2,1H3,(H3,20,21,22,23,24,27). The third kappa shape index (κ3) is 3.74. The molecule has 0 aliphatic rings. The molecule has 0 aliphatic heterocycles. The van der Waals surface area contributed by atoms with Gasteiger partial charge in [-0.15, -0.1) is 15.3 Å². The van der Waals surface area contributed by atoms with E-state index in [1.54, 1.807) is 25.2 Å². The molecule has 32 heavy (non-hydrogen) atoms. The number of nitrogens with zero attached hydrogens (tertiary/aromatic N) is 10. The molecule has 0 fully saturated rings. The van der Waals surface area contributed by atoms with Gasteiger partial charge in [-0.3, -0.25) is 0 Å². The van der Waals surface area contributed by atoms with Gasteiger partial charge in [-0.2, -0.15) is 29.0 Å². The predicted molar refractivity (Wildman–Crippen MR) is 114 cm³/mol. The average Bonchev–Trinajstić information content (AvgIpc) is 3.41. The Labute approximate surface area is 181 Å². The summed E-state index contributed by atoms with van der Waals surface area (Å²) in [6, 6.07) is 12.9. The number of benzene rings is 1. The summed E-state index contributed by atoms with van der Waals surface area (Å²) in [5.74, 6) is 1.50. The van der Waals surface area contributed by atoms with Crippen molar-refractivity contribution in [3.63, 3.8) is 0 Å². The van der Waals surface area contributed by atoms with Gasteiger partial charge in [0.15, 0.2) is 6.20 Å². The Morgan fingerprint density at radius 1 is 1.03 bits per heavy atom. The highest BCUT2D eigenvalue weighted by molar-refractivity contribution is 5.54. The number of nitrogens with two attached hydrogens (primary N) is 1. The lowest BCUT2D eigenvalue weighted by Gasteiger charge is -2.06. The fraction of sp³-hybridized carbons (Fsp3) is 0.158. The number of nitrogen functional groups attached to an aromatic ring is 1. The van der Waals surface area contributed by atoms with E-state index in [0.29, 0.717) is 28.7 Å². The van der Waals surface area contributed by atoms with Gasteiger partial charge in [0.05, 0.1) is 7.05 Å². The molecule has 0 radical (unpaired) electrons. The lowest BCUT2D eigenvalue weighted by molar-refractivity contribution is -0.594. The van der Waals surface area contributed by atoms with Gasteiger partial charge in [-0.05, 0) is 23.3 Å². The van der Waals surface area contributed by atoms with Crippen molar-refractivity contribution in [2.45, 2.75) is 6.42 Å². The largest absolute Gasteiger partial charge is 0.618 e. The van der Waals surface area contributed by atoms with Crippen molar-refractivity contribution in [3.8, 4) is 22.9 Å². The van der Waals surface area contributed by atoms with Crippen LogP contribution >= 0.6 is 0 Å². The minimum atomic E-state index is 0.116. The monoisotopic (exact) mass is 430 g/mol. The number of nitrogens with one attached hydrogen (secondary N) is 1. The first-order valence-corrected chi connectivity index (χ1v) is 9.73. The van der Waals surface area contributed by atoms with E-state index in [1.165, 1.54) is 15.5 Å². The lowest BCUT2D eigenvalue weighted by Crippen LogP contribution is -2.28. The Morgan fingerprint density at radius 2 is 1.88 bits per heavy atom. The molecule has 160 valence electrons. The summed E-state index contributed by atoms with van der Waals surface area (Å²) in [4.78, 5) is 14.3. The van der Waals surface area contributed by atoms with Crippen molar-refractivity contribution in [2.75, 3.05) is 17.6 Å². The number of pyridine rings is 1. The van der Waals surface area contributed by atoms with Gasteiger partial charge in [0, 0.05) is 24.2 Å². The molecule has 0 amide bonds. The summed E-state index contributed by atoms with van der Waals surface area (Å²) in [6.07, 6.45) is 2.11. The van der Waals surface area contributed by atoms with Crippen molar-refractivity contribution in [3.05, 3.63) is 59.4 Å². The second-order valence-electron chi connectivity index (χ2n) is 6.94. The first kappa shape index (κ1) is 19.3. The van der Waals surface area contributed by atoms with Crippen LogP contribution in [0.5, 0.6) is 0 Å². The molecule has 13 nitrogen and oxygen atoms in total. The minimum absolute atomic E-state index is 0.116. The summed E-state index contributed by atoms with van der Waals surface area (Å²) in [6.45, 7) is 0.582. The molecule has 4 heterocycles. The topological polar surface area (TPSA) is 165 Å². The Kier molecular flexibility index (Phi) is 4.74. The molecule has 0 atom stereocenters. The normalized spacial score (nSPS) is 11.2. The number of aromatic nitrogens is 10. The van der Waals surface area contributed by atoms with Crippen LogP contribution in [0.4, 0.5) is 11.9 Å². The average molecular weight is 430 g/mol. The van der Waals surface area contributed by atoms with Crippen molar-refractivity contribution in [2.24, 2.45) is 7.05 Å². The molecule has 0 bridgehead atoms. The Morgan fingerprint density at radius 3 is 2.62 bits per heavy atom. The Balaban J connectivity index is 1.28. The first-order valence-electron chi connectivity index (χ1n) is 9.73. The third-order valence-electron chi connectivity index (χ3n) is 4.70. The summed E-state index contributed by atoms with van der Waals surface area (Å²) in [7, 11) is 1.73. The number of rotatable bonds is 6. The lowest BCUT2D eigenvalue weighted by atomic mass is 10.1. The molecule has 0 unspecified atom stereocenters. The fourth-order valence-electron chi connectivity index (χ4n) is 3.13. The van der Waals surface area contributed by atoms with E-state index in [4.69, 9.17) is 5.73 Å². The molecule has 4 aromatic heterocycles. The fourth-order valence-corrected chi connectivity index (χ4v) is 3.13. The van der Waals surface area contributed by atoms with E-state index in [0.717, 1.165) is 17.5 Å².